The molecule has 7 heteroatoms. The van der Waals surface area contributed by atoms with Crippen molar-refractivity contribution in [1.29, 1.82) is 0 Å². The van der Waals surface area contributed by atoms with Crippen LogP contribution in [-0.2, 0) is 20.7 Å². The number of likely N-dealkylation sites (tertiary alicyclic amines) is 1. The molecule has 27 heavy (non-hydrogen) atoms. The molecule has 0 unspecified atom stereocenters. The van der Waals surface area contributed by atoms with E-state index in [9.17, 15) is 9.18 Å². The van der Waals surface area contributed by atoms with Crippen molar-refractivity contribution >= 4 is 5.91 Å². The van der Waals surface area contributed by atoms with Gasteiger partial charge in [0, 0.05) is 26.6 Å². The lowest BCUT2D eigenvalue weighted by molar-refractivity contribution is -0.137. The minimum absolute atomic E-state index is 0.0195. The van der Waals surface area contributed by atoms with Crippen LogP contribution in [0, 0.1) is 5.82 Å². The van der Waals surface area contributed by atoms with Gasteiger partial charge in [0.25, 0.3) is 0 Å². The van der Waals surface area contributed by atoms with Crippen molar-refractivity contribution in [1.82, 2.24) is 9.88 Å². The Morgan fingerprint density at radius 3 is 2.93 bits per heavy atom. The second-order valence-electron chi connectivity index (χ2n) is 6.69. The fourth-order valence-electron chi connectivity index (χ4n) is 3.19. The van der Waals surface area contributed by atoms with Gasteiger partial charge in [0.15, 0.2) is 5.89 Å². The number of halogens is 1. The van der Waals surface area contributed by atoms with Crippen LogP contribution in [0.4, 0.5) is 4.39 Å². The minimum atomic E-state index is -0.254. The van der Waals surface area contributed by atoms with Gasteiger partial charge in [-0.2, -0.15) is 0 Å². The van der Waals surface area contributed by atoms with Crippen molar-refractivity contribution in [3.63, 3.8) is 0 Å². The third kappa shape index (κ3) is 5.61. The second kappa shape index (κ2) is 9.62. The molecule has 1 amide bonds. The van der Waals surface area contributed by atoms with E-state index in [1.807, 2.05) is 4.90 Å². The summed E-state index contributed by atoms with van der Waals surface area (Å²) in [6.45, 7) is 2.27. The van der Waals surface area contributed by atoms with Gasteiger partial charge in [0.1, 0.15) is 18.2 Å². The molecule has 1 aliphatic rings. The lowest BCUT2D eigenvalue weighted by Gasteiger charge is -2.31. The average Bonchev–Trinajstić information content (AvgIpc) is 3.15. The smallest absolute Gasteiger partial charge is 0.248 e. The maximum absolute atomic E-state index is 13.0. The van der Waals surface area contributed by atoms with E-state index in [1.54, 1.807) is 25.4 Å². The summed E-state index contributed by atoms with van der Waals surface area (Å²) in [6.07, 6.45) is 4.12. The molecule has 1 atom stereocenters. The van der Waals surface area contributed by atoms with E-state index >= 15 is 0 Å². The number of rotatable bonds is 8. The third-order valence-corrected chi connectivity index (χ3v) is 4.64. The molecule has 1 aliphatic heterocycles. The van der Waals surface area contributed by atoms with Gasteiger partial charge in [-0.1, -0.05) is 12.1 Å². The first-order valence-electron chi connectivity index (χ1n) is 9.19. The number of ether oxygens (including phenoxy) is 2. The Bertz CT molecular complexity index is 732. The number of carbonyl (C=O) groups excluding carboxylic acids is 1. The van der Waals surface area contributed by atoms with Gasteiger partial charge in [-0.25, -0.2) is 9.37 Å². The number of carbonyl (C=O) groups is 1. The first-order valence-corrected chi connectivity index (χ1v) is 9.19. The number of oxazole rings is 1. The number of methoxy groups -OCH3 is 1. The Morgan fingerprint density at radius 2 is 2.15 bits per heavy atom. The molecule has 0 spiro atoms. The highest BCUT2D eigenvalue weighted by molar-refractivity contribution is 5.77. The van der Waals surface area contributed by atoms with Crippen LogP contribution in [0.3, 0.4) is 0 Å². The SMILES string of the molecule is COCCOCC(=O)N1CCC[C@H](c2ncc(Cc3ccc(F)cc3)o2)C1. The molecule has 1 saturated heterocycles. The second-order valence-corrected chi connectivity index (χ2v) is 6.69. The predicted molar refractivity (Wildman–Crippen MR) is 97.0 cm³/mol. The number of benzene rings is 1. The van der Waals surface area contributed by atoms with Crippen molar-refractivity contribution in [2.45, 2.75) is 25.2 Å². The quantitative estimate of drug-likeness (QED) is 0.663. The van der Waals surface area contributed by atoms with Crippen molar-refractivity contribution < 1.29 is 23.1 Å². The summed E-state index contributed by atoms with van der Waals surface area (Å²) in [7, 11) is 1.60. The van der Waals surface area contributed by atoms with Gasteiger partial charge in [0.2, 0.25) is 5.91 Å². The highest BCUT2D eigenvalue weighted by Gasteiger charge is 2.27. The van der Waals surface area contributed by atoms with E-state index in [4.69, 9.17) is 13.9 Å². The predicted octanol–water partition coefficient (Wildman–Crippen LogP) is 2.77. The van der Waals surface area contributed by atoms with Crippen LogP contribution in [0.2, 0.25) is 0 Å². The van der Waals surface area contributed by atoms with Gasteiger partial charge in [-0.15, -0.1) is 0 Å². The van der Waals surface area contributed by atoms with Gasteiger partial charge >= 0.3 is 0 Å². The highest BCUT2D eigenvalue weighted by atomic mass is 19.1. The molecule has 146 valence electrons. The van der Waals surface area contributed by atoms with Crippen molar-refractivity contribution in [3.8, 4) is 0 Å². The molecule has 3 rings (SSSR count). The van der Waals surface area contributed by atoms with Gasteiger partial charge in [0.05, 0.1) is 25.3 Å². The summed E-state index contributed by atoms with van der Waals surface area (Å²) in [5.41, 5.74) is 0.966. The molecule has 0 bridgehead atoms. The van der Waals surface area contributed by atoms with E-state index in [2.05, 4.69) is 4.98 Å². The first-order chi connectivity index (χ1) is 13.2. The van der Waals surface area contributed by atoms with E-state index in [0.29, 0.717) is 32.1 Å². The standard InChI is InChI=1S/C20H25FN2O4/c1-25-9-10-26-14-19(24)23-8-2-3-16(13-23)20-22-12-18(27-20)11-15-4-6-17(21)7-5-15/h4-7,12,16H,2-3,8-11,13-14H2,1H3/t16-/m0/s1. The number of piperidine rings is 1. The Hall–Kier alpha value is -2.25. The largest absolute Gasteiger partial charge is 0.445 e. The molecule has 1 fully saturated rings. The molecule has 0 radical (unpaired) electrons. The molecule has 0 aliphatic carbocycles. The maximum Gasteiger partial charge on any atom is 0.248 e. The van der Waals surface area contributed by atoms with E-state index < -0.39 is 0 Å². The first kappa shape index (κ1) is 19.5. The lowest BCUT2D eigenvalue weighted by atomic mass is 9.98. The van der Waals surface area contributed by atoms with Crippen LogP contribution in [-0.4, -0.2) is 55.8 Å². The molecule has 1 aromatic heterocycles. The Morgan fingerprint density at radius 1 is 1.33 bits per heavy atom. The maximum atomic E-state index is 13.0. The third-order valence-electron chi connectivity index (χ3n) is 4.64. The fourth-order valence-corrected chi connectivity index (χ4v) is 3.19. The molecule has 0 saturated carbocycles. The summed E-state index contributed by atoms with van der Waals surface area (Å²) in [4.78, 5) is 18.5. The zero-order valence-electron chi connectivity index (χ0n) is 15.5. The van der Waals surface area contributed by atoms with Crippen LogP contribution in [0.25, 0.3) is 0 Å². The number of amides is 1. The summed E-state index contributed by atoms with van der Waals surface area (Å²) in [5, 5.41) is 0. The molecule has 6 nitrogen and oxygen atoms in total. The molecule has 1 aromatic carbocycles. The van der Waals surface area contributed by atoms with Crippen LogP contribution >= 0.6 is 0 Å². The lowest BCUT2D eigenvalue weighted by Crippen LogP contribution is -2.41. The van der Waals surface area contributed by atoms with Crippen LogP contribution in [0.1, 0.15) is 36.0 Å². The monoisotopic (exact) mass is 376 g/mol. The van der Waals surface area contributed by atoms with Crippen molar-refractivity contribution in [2.75, 3.05) is 40.0 Å². The van der Waals surface area contributed by atoms with E-state index in [-0.39, 0.29) is 24.2 Å². The zero-order chi connectivity index (χ0) is 19.1. The van der Waals surface area contributed by atoms with Crippen LogP contribution in [0.15, 0.2) is 34.9 Å². The van der Waals surface area contributed by atoms with Crippen LogP contribution < -0.4 is 0 Å². The summed E-state index contributed by atoms with van der Waals surface area (Å²) in [6, 6.07) is 6.35. The van der Waals surface area contributed by atoms with E-state index in [0.717, 1.165) is 30.7 Å². The van der Waals surface area contributed by atoms with Gasteiger partial charge in [-0.3, -0.25) is 4.79 Å². The normalized spacial score (nSPS) is 17.3. The van der Waals surface area contributed by atoms with Crippen molar-refractivity contribution in [3.05, 3.63) is 53.5 Å². The number of nitrogens with zero attached hydrogens (tertiary/aromatic N) is 2. The Balaban J connectivity index is 1.54. The van der Waals surface area contributed by atoms with Gasteiger partial charge < -0.3 is 18.8 Å². The number of aromatic nitrogens is 1. The summed E-state index contributed by atoms with van der Waals surface area (Å²) in [5.74, 6) is 1.21. The molecular weight excluding hydrogens is 351 g/mol. The number of hydrogen-bond donors (Lipinski definition) is 0. The molecule has 0 N–H and O–H groups in total. The van der Waals surface area contributed by atoms with Gasteiger partial charge in [-0.05, 0) is 30.5 Å². The summed E-state index contributed by atoms with van der Waals surface area (Å²) < 4.78 is 29.1. The van der Waals surface area contributed by atoms with E-state index in [1.165, 1.54) is 12.1 Å². The van der Waals surface area contributed by atoms with Crippen molar-refractivity contribution in [2.24, 2.45) is 0 Å². The molecular formula is C20H25FN2O4. The zero-order valence-corrected chi connectivity index (χ0v) is 15.5. The summed E-state index contributed by atoms with van der Waals surface area (Å²) >= 11 is 0. The average molecular weight is 376 g/mol. The Kier molecular flexibility index (Phi) is 6.95. The molecule has 2 heterocycles. The highest BCUT2D eigenvalue weighted by Crippen LogP contribution is 2.27. The number of hydrogen-bond acceptors (Lipinski definition) is 5. The van der Waals surface area contributed by atoms with Crippen LogP contribution in [0.5, 0.6) is 0 Å². The molecule has 2 aromatic rings. The minimum Gasteiger partial charge on any atom is -0.445 e. The topological polar surface area (TPSA) is 64.8 Å². The fraction of sp³-hybridized carbons (Fsp3) is 0.500. The Labute approximate surface area is 158 Å².